The van der Waals surface area contributed by atoms with Crippen LogP contribution >= 0.6 is 11.6 Å². The second-order valence-corrected chi connectivity index (χ2v) is 4.55. The van der Waals surface area contributed by atoms with Crippen molar-refractivity contribution in [1.29, 1.82) is 0 Å². The molecule has 0 saturated carbocycles. The minimum atomic E-state index is 0.281. The number of nitrogens with zero attached hydrogens (tertiary/aromatic N) is 3. The molecule has 1 fully saturated rings. The third-order valence-electron chi connectivity index (χ3n) is 3.21. The lowest BCUT2D eigenvalue weighted by Gasteiger charge is -2.26. The molecule has 1 aromatic heterocycles. The second-order valence-electron chi connectivity index (χ2n) is 4.21. The number of hydrogen-bond donors (Lipinski definition) is 1. The maximum atomic E-state index is 6.02. The smallest absolute Gasteiger partial charge is 0.224 e. The summed E-state index contributed by atoms with van der Waals surface area (Å²) in [5, 5.41) is 0.281. The molecule has 0 aromatic carbocycles. The Hall–Kier alpha value is -1.03. The molecule has 0 bridgehead atoms. The van der Waals surface area contributed by atoms with Gasteiger partial charge in [-0.1, -0.05) is 6.92 Å². The molecular weight excluding hydrogens is 224 g/mol. The average Bonchev–Trinajstić information content (AvgIpc) is 2.71. The number of rotatable bonds is 2. The summed E-state index contributed by atoms with van der Waals surface area (Å²) in [5.41, 5.74) is 7.44. The molecular formula is C11H17ClN4. The van der Waals surface area contributed by atoms with Crippen LogP contribution in [0.1, 0.15) is 31.9 Å². The number of nitrogen functional groups attached to an aromatic ring is 1. The van der Waals surface area contributed by atoms with E-state index < -0.39 is 0 Å². The monoisotopic (exact) mass is 240 g/mol. The lowest BCUT2D eigenvalue weighted by molar-refractivity contribution is 0.640. The fourth-order valence-electron chi connectivity index (χ4n) is 2.29. The van der Waals surface area contributed by atoms with Gasteiger partial charge in [0.05, 0.1) is 11.4 Å². The number of aromatic nitrogens is 2. The predicted molar refractivity (Wildman–Crippen MR) is 66.9 cm³/mol. The summed E-state index contributed by atoms with van der Waals surface area (Å²) in [7, 11) is 0. The Balaban J connectivity index is 2.39. The summed E-state index contributed by atoms with van der Waals surface area (Å²) in [6, 6.07) is 0.535. The van der Waals surface area contributed by atoms with Gasteiger partial charge >= 0.3 is 0 Å². The summed E-state index contributed by atoms with van der Waals surface area (Å²) >= 11 is 5.89. The van der Waals surface area contributed by atoms with Crippen molar-refractivity contribution in [3.05, 3.63) is 11.0 Å². The van der Waals surface area contributed by atoms with Crippen LogP contribution in [-0.2, 0) is 0 Å². The van der Waals surface area contributed by atoms with Crippen LogP contribution in [0.5, 0.6) is 0 Å². The van der Waals surface area contributed by atoms with Gasteiger partial charge in [-0.05, 0) is 37.8 Å². The van der Waals surface area contributed by atoms with Gasteiger partial charge in [0.1, 0.15) is 0 Å². The van der Waals surface area contributed by atoms with Gasteiger partial charge < -0.3 is 10.6 Å². The van der Waals surface area contributed by atoms with Crippen molar-refractivity contribution < 1.29 is 0 Å². The minimum Gasteiger partial charge on any atom is -0.394 e. The summed E-state index contributed by atoms with van der Waals surface area (Å²) in [5.74, 6) is 0.807. The van der Waals surface area contributed by atoms with Crippen LogP contribution in [-0.4, -0.2) is 22.6 Å². The molecule has 5 heteroatoms. The van der Waals surface area contributed by atoms with Crippen LogP contribution in [0, 0.1) is 6.92 Å². The highest BCUT2D eigenvalue weighted by molar-refractivity contribution is 6.28. The predicted octanol–water partition coefficient (Wildman–Crippen LogP) is 2.40. The zero-order valence-electron chi connectivity index (χ0n) is 9.70. The van der Waals surface area contributed by atoms with Crippen molar-refractivity contribution in [3.8, 4) is 0 Å². The van der Waals surface area contributed by atoms with Gasteiger partial charge in [-0.25, -0.2) is 4.98 Å². The molecule has 1 saturated heterocycles. The average molecular weight is 241 g/mol. The van der Waals surface area contributed by atoms with Crippen molar-refractivity contribution in [3.63, 3.8) is 0 Å². The van der Waals surface area contributed by atoms with Gasteiger partial charge in [0.2, 0.25) is 5.28 Å². The number of nitrogens with two attached hydrogens (primary N) is 1. The topological polar surface area (TPSA) is 55.0 Å². The summed E-state index contributed by atoms with van der Waals surface area (Å²) < 4.78 is 0. The summed E-state index contributed by atoms with van der Waals surface area (Å²) in [4.78, 5) is 10.6. The fraction of sp³-hybridized carbons (Fsp3) is 0.636. The molecule has 1 aliphatic heterocycles. The van der Waals surface area contributed by atoms with Crippen LogP contribution in [0.3, 0.4) is 0 Å². The van der Waals surface area contributed by atoms with E-state index in [1.54, 1.807) is 0 Å². The third kappa shape index (κ3) is 1.94. The van der Waals surface area contributed by atoms with E-state index >= 15 is 0 Å². The molecule has 0 radical (unpaired) electrons. The Morgan fingerprint density at radius 2 is 2.25 bits per heavy atom. The minimum absolute atomic E-state index is 0.281. The first-order valence-corrected chi connectivity index (χ1v) is 6.07. The molecule has 1 aromatic rings. The molecule has 0 amide bonds. The quantitative estimate of drug-likeness (QED) is 0.807. The molecule has 0 aliphatic carbocycles. The maximum absolute atomic E-state index is 6.02. The van der Waals surface area contributed by atoms with Crippen molar-refractivity contribution in [2.45, 2.75) is 39.2 Å². The van der Waals surface area contributed by atoms with Crippen LogP contribution in [0.25, 0.3) is 0 Å². The highest BCUT2D eigenvalue weighted by Crippen LogP contribution is 2.31. The standard InChI is InChI=1S/C11H17ClN4/c1-3-8-5-4-6-16(8)10-9(13)7(2)14-11(12)15-10/h8H,3-6,13H2,1-2H3. The molecule has 2 N–H and O–H groups in total. The second kappa shape index (κ2) is 4.45. The molecule has 1 atom stereocenters. The molecule has 88 valence electrons. The Kier molecular flexibility index (Phi) is 3.19. The SMILES string of the molecule is CCC1CCCN1c1nc(Cl)nc(C)c1N. The van der Waals surface area contributed by atoms with E-state index in [-0.39, 0.29) is 5.28 Å². The summed E-state index contributed by atoms with van der Waals surface area (Å²) in [6.07, 6.45) is 3.51. The Morgan fingerprint density at radius 3 is 2.94 bits per heavy atom. The molecule has 2 heterocycles. The molecule has 16 heavy (non-hydrogen) atoms. The van der Waals surface area contributed by atoms with Gasteiger partial charge in [-0.3, -0.25) is 0 Å². The first-order valence-electron chi connectivity index (χ1n) is 5.69. The van der Waals surface area contributed by atoms with Crippen molar-refractivity contribution in [2.75, 3.05) is 17.2 Å². The van der Waals surface area contributed by atoms with Crippen LogP contribution in [0.4, 0.5) is 11.5 Å². The zero-order valence-corrected chi connectivity index (χ0v) is 10.5. The van der Waals surface area contributed by atoms with Crippen molar-refractivity contribution in [1.82, 2.24) is 9.97 Å². The van der Waals surface area contributed by atoms with Crippen molar-refractivity contribution in [2.24, 2.45) is 0 Å². The largest absolute Gasteiger partial charge is 0.394 e. The number of hydrogen-bond acceptors (Lipinski definition) is 4. The van der Waals surface area contributed by atoms with E-state index in [1.165, 1.54) is 12.8 Å². The molecule has 0 spiro atoms. The molecule has 4 nitrogen and oxygen atoms in total. The van der Waals surface area contributed by atoms with E-state index in [4.69, 9.17) is 17.3 Å². The normalized spacial score (nSPS) is 20.4. The van der Waals surface area contributed by atoms with Gasteiger partial charge in [-0.15, -0.1) is 0 Å². The Morgan fingerprint density at radius 1 is 1.50 bits per heavy atom. The first kappa shape index (κ1) is 11.5. The molecule has 2 rings (SSSR count). The van der Waals surface area contributed by atoms with Gasteiger partial charge in [0, 0.05) is 12.6 Å². The van der Waals surface area contributed by atoms with E-state index in [0.29, 0.717) is 11.7 Å². The number of aryl methyl sites for hydroxylation is 1. The Bertz CT molecular complexity index is 394. The molecule has 1 aliphatic rings. The number of anilines is 2. The van der Waals surface area contributed by atoms with E-state index in [2.05, 4.69) is 21.8 Å². The van der Waals surface area contributed by atoms with Crippen LogP contribution in [0.15, 0.2) is 0 Å². The lowest BCUT2D eigenvalue weighted by atomic mass is 10.1. The van der Waals surface area contributed by atoms with Gasteiger partial charge in [0.25, 0.3) is 0 Å². The maximum Gasteiger partial charge on any atom is 0.224 e. The van der Waals surface area contributed by atoms with Gasteiger partial charge in [0.15, 0.2) is 5.82 Å². The lowest BCUT2D eigenvalue weighted by Crippen LogP contribution is -2.30. The van der Waals surface area contributed by atoms with Crippen LogP contribution in [0.2, 0.25) is 5.28 Å². The zero-order chi connectivity index (χ0) is 11.7. The first-order chi connectivity index (χ1) is 7.63. The van der Waals surface area contributed by atoms with Crippen molar-refractivity contribution >= 4 is 23.1 Å². The molecule has 1 unspecified atom stereocenters. The summed E-state index contributed by atoms with van der Waals surface area (Å²) in [6.45, 7) is 5.06. The Labute approximate surface area is 101 Å². The van der Waals surface area contributed by atoms with Gasteiger partial charge in [-0.2, -0.15) is 4.98 Å². The fourth-order valence-corrected chi connectivity index (χ4v) is 2.50. The third-order valence-corrected chi connectivity index (χ3v) is 3.38. The van der Waals surface area contributed by atoms with E-state index in [1.807, 2.05) is 6.92 Å². The highest BCUT2D eigenvalue weighted by atomic mass is 35.5. The number of halogens is 1. The van der Waals surface area contributed by atoms with E-state index in [0.717, 1.165) is 24.5 Å². The highest BCUT2D eigenvalue weighted by Gasteiger charge is 2.26. The van der Waals surface area contributed by atoms with Crippen LogP contribution < -0.4 is 10.6 Å². The van der Waals surface area contributed by atoms with E-state index in [9.17, 15) is 0 Å².